The van der Waals surface area contributed by atoms with Crippen LogP contribution in [0.4, 0.5) is 0 Å². The van der Waals surface area contributed by atoms with Crippen LogP contribution in [-0.4, -0.2) is 15.0 Å². The molecule has 0 aliphatic carbocycles. The van der Waals surface area contributed by atoms with Gasteiger partial charge in [0.05, 0.1) is 22.6 Å². The van der Waals surface area contributed by atoms with Crippen molar-refractivity contribution in [3.05, 3.63) is 200 Å². The predicted molar refractivity (Wildman–Crippen MR) is 235 cm³/mol. The Hall–Kier alpha value is -7.69. The second-order valence-corrected chi connectivity index (χ2v) is 14.3. The maximum Gasteiger partial charge on any atom is 0.160 e. The molecule has 0 saturated carbocycles. The van der Waals surface area contributed by atoms with E-state index < -0.39 is 0 Å². The minimum absolute atomic E-state index is 0.648. The Morgan fingerprint density at radius 1 is 0.316 bits per heavy atom. The van der Waals surface area contributed by atoms with Gasteiger partial charge in [-0.15, -0.1) is 0 Å². The summed E-state index contributed by atoms with van der Waals surface area (Å²) in [6.07, 6.45) is 0. The average Bonchev–Trinajstić information content (AvgIpc) is 3.67. The van der Waals surface area contributed by atoms with Gasteiger partial charge < -0.3 is 4.42 Å². The fourth-order valence-corrected chi connectivity index (χ4v) is 8.18. The minimum Gasteiger partial charge on any atom is -0.456 e. The number of pyridine rings is 1. The minimum atomic E-state index is 0.648. The Morgan fingerprint density at radius 2 is 0.860 bits per heavy atom. The Kier molecular flexibility index (Phi) is 7.78. The van der Waals surface area contributed by atoms with E-state index in [-0.39, 0.29) is 0 Å². The molecule has 0 radical (unpaired) electrons. The summed E-state index contributed by atoms with van der Waals surface area (Å²) in [5.41, 5.74) is 13.8. The molecular weight excluding hydrogens is 695 g/mol. The maximum atomic E-state index is 6.61. The third kappa shape index (κ3) is 5.74. The molecule has 0 aliphatic rings. The lowest BCUT2D eigenvalue weighted by atomic mass is 9.89. The molecule has 4 heteroatoms. The lowest BCUT2D eigenvalue weighted by Gasteiger charge is -2.16. The lowest BCUT2D eigenvalue weighted by molar-refractivity contribution is 0.669. The van der Waals surface area contributed by atoms with Crippen molar-refractivity contribution in [3.63, 3.8) is 0 Å². The first kappa shape index (κ1) is 32.7. The average molecular weight is 728 g/mol. The lowest BCUT2D eigenvalue weighted by Crippen LogP contribution is -1.97. The summed E-state index contributed by atoms with van der Waals surface area (Å²) < 4.78 is 6.61. The first-order valence-electron chi connectivity index (χ1n) is 19.2. The van der Waals surface area contributed by atoms with Crippen LogP contribution >= 0.6 is 0 Å². The van der Waals surface area contributed by atoms with Gasteiger partial charge >= 0.3 is 0 Å². The molecule has 266 valence electrons. The quantitative estimate of drug-likeness (QED) is 0.160. The fraction of sp³-hybridized carbons (Fsp3) is 0. The van der Waals surface area contributed by atoms with Crippen molar-refractivity contribution in [3.8, 4) is 67.4 Å². The van der Waals surface area contributed by atoms with Crippen LogP contribution < -0.4 is 0 Å². The van der Waals surface area contributed by atoms with Crippen molar-refractivity contribution < 1.29 is 4.42 Å². The predicted octanol–water partition coefficient (Wildman–Crippen LogP) is 14.1. The third-order valence-electron chi connectivity index (χ3n) is 10.9. The van der Waals surface area contributed by atoms with Crippen molar-refractivity contribution in [2.45, 2.75) is 0 Å². The number of fused-ring (bicyclic) bond motifs is 6. The molecule has 11 aromatic rings. The zero-order valence-electron chi connectivity index (χ0n) is 30.8. The van der Waals surface area contributed by atoms with Crippen LogP contribution in [-0.2, 0) is 0 Å². The third-order valence-corrected chi connectivity index (χ3v) is 10.9. The van der Waals surface area contributed by atoms with Crippen LogP contribution in [0.5, 0.6) is 0 Å². The Bertz CT molecular complexity index is 3260. The van der Waals surface area contributed by atoms with Gasteiger partial charge in [-0.2, -0.15) is 0 Å². The summed E-state index contributed by atoms with van der Waals surface area (Å²) in [5.74, 6) is 0.648. The number of rotatable bonds is 6. The molecule has 0 spiro atoms. The number of nitrogens with zero attached hydrogens (tertiary/aromatic N) is 3. The van der Waals surface area contributed by atoms with Crippen LogP contribution in [0.3, 0.4) is 0 Å². The van der Waals surface area contributed by atoms with Crippen molar-refractivity contribution >= 4 is 43.6 Å². The molecule has 0 unspecified atom stereocenters. The molecule has 0 fully saturated rings. The fourth-order valence-electron chi connectivity index (χ4n) is 8.18. The van der Waals surface area contributed by atoms with E-state index >= 15 is 0 Å². The number of hydrogen-bond donors (Lipinski definition) is 0. The summed E-state index contributed by atoms with van der Waals surface area (Å²) in [7, 11) is 0. The number of hydrogen-bond acceptors (Lipinski definition) is 4. The Balaban J connectivity index is 1.13. The van der Waals surface area contributed by atoms with Gasteiger partial charge in [0.1, 0.15) is 11.2 Å². The normalized spacial score (nSPS) is 11.5. The standard InChI is InChI=1S/C53H33N3O/c1-4-15-34(16-5-1)35-27-29-37(30-28-35)46-33-45(36-17-6-2-7-18-36)55-53(56-46)40-22-14-21-39(31-40)52-43-32-48-51(42-24-11-13-26-47(42)57-48)49(38-19-8-3-9-20-38)50(43)41-23-10-12-25-44(41)54-52/h1-33H. The largest absolute Gasteiger partial charge is 0.456 e. The Morgan fingerprint density at radius 3 is 1.60 bits per heavy atom. The highest BCUT2D eigenvalue weighted by molar-refractivity contribution is 6.27. The molecule has 0 saturated heterocycles. The van der Waals surface area contributed by atoms with Crippen molar-refractivity contribution in [2.75, 3.05) is 0 Å². The van der Waals surface area contributed by atoms with Gasteiger partial charge in [-0.3, -0.25) is 0 Å². The molecule has 3 aromatic heterocycles. The number of benzene rings is 8. The first-order valence-corrected chi connectivity index (χ1v) is 19.2. The van der Waals surface area contributed by atoms with Crippen LogP contribution in [0.15, 0.2) is 205 Å². The zero-order chi connectivity index (χ0) is 37.7. The van der Waals surface area contributed by atoms with Crippen molar-refractivity contribution in [1.82, 2.24) is 15.0 Å². The highest BCUT2D eigenvalue weighted by Crippen LogP contribution is 2.46. The van der Waals surface area contributed by atoms with Gasteiger partial charge in [-0.05, 0) is 47.0 Å². The van der Waals surface area contributed by atoms with E-state index in [1.165, 1.54) is 5.56 Å². The maximum absolute atomic E-state index is 6.61. The zero-order valence-corrected chi connectivity index (χ0v) is 30.8. The second-order valence-electron chi connectivity index (χ2n) is 14.3. The van der Waals surface area contributed by atoms with Crippen LogP contribution in [0.2, 0.25) is 0 Å². The first-order chi connectivity index (χ1) is 28.2. The molecule has 11 rings (SSSR count). The number of para-hydroxylation sites is 2. The summed E-state index contributed by atoms with van der Waals surface area (Å²) in [6.45, 7) is 0. The monoisotopic (exact) mass is 727 g/mol. The van der Waals surface area contributed by atoms with Gasteiger partial charge in [0.25, 0.3) is 0 Å². The highest BCUT2D eigenvalue weighted by atomic mass is 16.3. The van der Waals surface area contributed by atoms with Gasteiger partial charge in [0.2, 0.25) is 0 Å². The van der Waals surface area contributed by atoms with Gasteiger partial charge in [-0.25, -0.2) is 15.0 Å². The van der Waals surface area contributed by atoms with E-state index in [1.807, 2.05) is 36.4 Å². The van der Waals surface area contributed by atoms with E-state index in [4.69, 9.17) is 19.4 Å². The highest BCUT2D eigenvalue weighted by Gasteiger charge is 2.22. The molecular formula is C53H33N3O. The SMILES string of the molecule is c1ccc(-c2ccc(-c3cc(-c4ccccc4)nc(-c4cccc(-c5nc6ccccc6c6c(-c7ccccc7)c7c(cc56)oc5ccccc57)c4)n3)cc2)cc1. The van der Waals surface area contributed by atoms with E-state index in [2.05, 4.69) is 164 Å². The van der Waals surface area contributed by atoms with Gasteiger partial charge in [0.15, 0.2) is 5.82 Å². The second kappa shape index (κ2) is 13.6. The van der Waals surface area contributed by atoms with Crippen LogP contribution in [0.1, 0.15) is 0 Å². The summed E-state index contributed by atoms with van der Waals surface area (Å²) >= 11 is 0. The van der Waals surface area contributed by atoms with E-state index in [1.54, 1.807) is 0 Å². The molecule has 8 aromatic carbocycles. The van der Waals surface area contributed by atoms with Crippen LogP contribution in [0.25, 0.3) is 111 Å². The van der Waals surface area contributed by atoms with Crippen molar-refractivity contribution in [1.29, 1.82) is 0 Å². The van der Waals surface area contributed by atoms with E-state index in [0.29, 0.717) is 5.82 Å². The molecule has 0 amide bonds. The van der Waals surface area contributed by atoms with Gasteiger partial charge in [0, 0.05) is 54.7 Å². The summed E-state index contributed by atoms with van der Waals surface area (Å²) in [6, 6.07) is 69.5. The van der Waals surface area contributed by atoms with Crippen molar-refractivity contribution in [2.24, 2.45) is 0 Å². The summed E-state index contributed by atoms with van der Waals surface area (Å²) in [4.78, 5) is 15.8. The number of furan rings is 1. The molecule has 0 aliphatic heterocycles. The van der Waals surface area contributed by atoms with E-state index in [0.717, 1.165) is 99.6 Å². The molecule has 0 atom stereocenters. The van der Waals surface area contributed by atoms with Crippen LogP contribution in [0, 0.1) is 0 Å². The Labute approximate surface area is 329 Å². The smallest absolute Gasteiger partial charge is 0.160 e. The number of aromatic nitrogens is 3. The molecule has 0 N–H and O–H groups in total. The molecule has 3 heterocycles. The molecule has 0 bridgehead atoms. The molecule has 57 heavy (non-hydrogen) atoms. The summed E-state index contributed by atoms with van der Waals surface area (Å²) in [5, 5.41) is 5.47. The van der Waals surface area contributed by atoms with Gasteiger partial charge in [-0.1, -0.05) is 170 Å². The molecule has 4 nitrogen and oxygen atoms in total. The topological polar surface area (TPSA) is 51.8 Å². The van der Waals surface area contributed by atoms with E-state index in [9.17, 15) is 0 Å².